The molecule has 3 rings (SSSR count). The Kier molecular flexibility index (Phi) is 7.90. The van der Waals surface area contributed by atoms with Crippen LogP contribution in [0.2, 0.25) is 0 Å². The number of methoxy groups -OCH3 is 1. The second kappa shape index (κ2) is 10.4. The molecule has 0 saturated carbocycles. The fraction of sp³-hybridized carbons (Fsp3) is 0.727. The van der Waals surface area contributed by atoms with Crippen LogP contribution in [0.3, 0.4) is 0 Å². The molecule has 0 N–H and O–H groups in total. The number of piperidine rings is 2. The lowest BCUT2D eigenvalue weighted by Gasteiger charge is -2.38. The van der Waals surface area contributed by atoms with Crippen molar-refractivity contribution in [3.05, 3.63) is 35.6 Å². The van der Waals surface area contributed by atoms with Gasteiger partial charge in [-0.05, 0) is 87.7 Å². The molecule has 146 valence electrons. The second-order valence-corrected chi connectivity index (χ2v) is 8.21. The largest absolute Gasteiger partial charge is 0.383 e. The number of hydrogen-bond donors (Lipinski definition) is 0. The van der Waals surface area contributed by atoms with E-state index in [4.69, 9.17) is 4.74 Å². The van der Waals surface area contributed by atoms with Crippen LogP contribution >= 0.6 is 0 Å². The lowest BCUT2D eigenvalue weighted by molar-refractivity contribution is 0.0924. The van der Waals surface area contributed by atoms with Gasteiger partial charge >= 0.3 is 0 Å². The first-order valence-corrected chi connectivity index (χ1v) is 10.4. The number of ether oxygens (including phenoxy) is 1. The molecule has 2 heterocycles. The first-order valence-electron chi connectivity index (χ1n) is 10.4. The van der Waals surface area contributed by atoms with Crippen LogP contribution in [-0.2, 0) is 11.2 Å². The molecule has 0 aromatic heterocycles. The van der Waals surface area contributed by atoms with Crippen molar-refractivity contribution < 1.29 is 9.13 Å². The summed E-state index contributed by atoms with van der Waals surface area (Å²) in [5.74, 6) is 1.53. The van der Waals surface area contributed by atoms with Gasteiger partial charge in [-0.15, -0.1) is 0 Å². The topological polar surface area (TPSA) is 15.7 Å². The van der Waals surface area contributed by atoms with E-state index in [1.165, 1.54) is 70.4 Å². The molecule has 26 heavy (non-hydrogen) atoms. The lowest BCUT2D eigenvalue weighted by Crippen LogP contribution is -2.43. The molecule has 1 aromatic carbocycles. The number of halogens is 1. The summed E-state index contributed by atoms with van der Waals surface area (Å²) in [5, 5.41) is 0. The molecular formula is C22H35FN2O. The molecule has 0 spiro atoms. The van der Waals surface area contributed by atoms with Crippen LogP contribution in [0.5, 0.6) is 0 Å². The Morgan fingerprint density at radius 3 is 2.50 bits per heavy atom. The van der Waals surface area contributed by atoms with Crippen LogP contribution in [0.25, 0.3) is 0 Å². The Labute approximate surface area is 158 Å². The van der Waals surface area contributed by atoms with E-state index in [2.05, 4.69) is 9.80 Å². The summed E-state index contributed by atoms with van der Waals surface area (Å²) >= 11 is 0. The van der Waals surface area contributed by atoms with Gasteiger partial charge < -0.3 is 14.5 Å². The summed E-state index contributed by atoms with van der Waals surface area (Å²) in [7, 11) is 1.79. The van der Waals surface area contributed by atoms with Crippen molar-refractivity contribution >= 4 is 0 Å². The van der Waals surface area contributed by atoms with Crippen LogP contribution in [0, 0.1) is 17.7 Å². The zero-order valence-corrected chi connectivity index (χ0v) is 16.3. The summed E-state index contributed by atoms with van der Waals surface area (Å²) in [6.07, 6.45) is 7.67. The van der Waals surface area contributed by atoms with Gasteiger partial charge in [0, 0.05) is 26.7 Å². The highest BCUT2D eigenvalue weighted by Gasteiger charge is 2.25. The van der Waals surface area contributed by atoms with Gasteiger partial charge in [0.1, 0.15) is 5.82 Å². The Balaban J connectivity index is 1.36. The summed E-state index contributed by atoms with van der Waals surface area (Å²) in [4.78, 5) is 5.26. The Hall–Kier alpha value is -0.970. The minimum Gasteiger partial charge on any atom is -0.383 e. The van der Waals surface area contributed by atoms with Crippen molar-refractivity contribution in [3.8, 4) is 0 Å². The normalized spacial score (nSPS) is 23.4. The zero-order valence-electron chi connectivity index (χ0n) is 16.3. The summed E-state index contributed by atoms with van der Waals surface area (Å²) in [6, 6.07) is 7.05. The Morgan fingerprint density at radius 2 is 1.77 bits per heavy atom. The monoisotopic (exact) mass is 362 g/mol. The standard InChI is InChI=1S/C22H35FN2O/c1-26-16-15-24-13-10-21(11-14-24)18-25-12-2-3-20(17-25)5-4-19-6-8-22(23)9-7-19/h6-9,20-21H,2-5,10-18H2,1H3/t20-/m0/s1. The minimum absolute atomic E-state index is 0.133. The molecule has 2 aliphatic rings. The Morgan fingerprint density at radius 1 is 1.00 bits per heavy atom. The predicted octanol–water partition coefficient (Wildman–Crippen LogP) is 3.83. The molecule has 2 aliphatic heterocycles. The van der Waals surface area contributed by atoms with Crippen molar-refractivity contribution in [1.82, 2.24) is 9.80 Å². The smallest absolute Gasteiger partial charge is 0.123 e. The SMILES string of the molecule is COCCN1CCC(CN2CCC[C@@H](CCc3ccc(F)cc3)C2)CC1. The van der Waals surface area contributed by atoms with E-state index >= 15 is 0 Å². The van der Waals surface area contributed by atoms with Gasteiger partial charge in [-0.3, -0.25) is 0 Å². The molecule has 3 nitrogen and oxygen atoms in total. The summed E-state index contributed by atoms with van der Waals surface area (Å²) in [6.45, 7) is 8.21. The van der Waals surface area contributed by atoms with Gasteiger partial charge in [-0.2, -0.15) is 0 Å². The zero-order chi connectivity index (χ0) is 18.2. The molecule has 0 radical (unpaired) electrons. The fourth-order valence-corrected chi connectivity index (χ4v) is 4.55. The van der Waals surface area contributed by atoms with Gasteiger partial charge in [-0.25, -0.2) is 4.39 Å². The van der Waals surface area contributed by atoms with Crippen molar-refractivity contribution in [2.45, 2.75) is 38.5 Å². The molecule has 4 heteroatoms. The van der Waals surface area contributed by atoms with Gasteiger partial charge in [0.2, 0.25) is 0 Å². The van der Waals surface area contributed by atoms with Gasteiger partial charge in [0.05, 0.1) is 6.61 Å². The van der Waals surface area contributed by atoms with Gasteiger partial charge in [0.15, 0.2) is 0 Å². The maximum atomic E-state index is 13.0. The molecule has 0 bridgehead atoms. The third kappa shape index (κ3) is 6.33. The maximum absolute atomic E-state index is 13.0. The summed E-state index contributed by atoms with van der Waals surface area (Å²) < 4.78 is 18.2. The van der Waals surface area contributed by atoms with Crippen LogP contribution in [0.4, 0.5) is 4.39 Å². The van der Waals surface area contributed by atoms with E-state index in [0.717, 1.165) is 31.4 Å². The number of nitrogens with zero attached hydrogens (tertiary/aromatic N) is 2. The lowest BCUT2D eigenvalue weighted by atomic mass is 9.90. The summed E-state index contributed by atoms with van der Waals surface area (Å²) in [5.41, 5.74) is 1.27. The van der Waals surface area contributed by atoms with E-state index in [1.807, 2.05) is 12.1 Å². The van der Waals surface area contributed by atoms with E-state index < -0.39 is 0 Å². The van der Waals surface area contributed by atoms with Crippen LogP contribution < -0.4 is 0 Å². The molecular weight excluding hydrogens is 327 g/mol. The molecule has 1 atom stereocenters. The van der Waals surface area contributed by atoms with E-state index in [0.29, 0.717) is 0 Å². The first-order chi connectivity index (χ1) is 12.7. The molecule has 1 aromatic rings. The molecule has 2 fully saturated rings. The molecule has 0 unspecified atom stereocenters. The average Bonchev–Trinajstić information content (AvgIpc) is 2.67. The van der Waals surface area contributed by atoms with Crippen molar-refractivity contribution in [3.63, 3.8) is 0 Å². The number of benzene rings is 1. The average molecular weight is 363 g/mol. The van der Waals surface area contributed by atoms with Crippen LogP contribution in [0.1, 0.15) is 37.7 Å². The second-order valence-electron chi connectivity index (χ2n) is 8.21. The highest BCUT2D eigenvalue weighted by Crippen LogP contribution is 2.25. The number of hydrogen-bond acceptors (Lipinski definition) is 3. The third-order valence-electron chi connectivity index (χ3n) is 6.19. The Bertz CT molecular complexity index is 513. The number of aryl methyl sites for hydroxylation is 1. The molecule has 2 saturated heterocycles. The third-order valence-corrected chi connectivity index (χ3v) is 6.19. The van der Waals surface area contributed by atoms with Crippen molar-refractivity contribution in [2.24, 2.45) is 11.8 Å². The van der Waals surface area contributed by atoms with E-state index in [9.17, 15) is 4.39 Å². The highest BCUT2D eigenvalue weighted by atomic mass is 19.1. The van der Waals surface area contributed by atoms with E-state index in [-0.39, 0.29) is 5.82 Å². The molecule has 0 aliphatic carbocycles. The minimum atomic E-state index is -0.133. The van der Waals surface area contributed by atoms with Crippen LogP contribution in [-0.4, -0.2) is 62.8 Å². The van der Waals surface area contributed by atoms with Gasteiger partial charge in [-0.1, -0.05) is 12.1 Å². The predicted molar refractivity (Wildman–Crippen MR) is 105 cm³/mol. The van der Waals surface area contributed by atoms with Crippen molar-refractivity contribution in [1.29, 1.82) is 0 Å². The maximum Gasteiger partial charge on any atom is 0.123 e. The fourth-order valence-electron chi connectivity index (χ4n) is 4.55. The van der Waals surface area contributed by atoms with E-state index in [1.54, 1.807) is 19.2 Å². The molecule has 0 amide bonds. The van der Waals surface area contributed by atoms with Crippen molar-refractivity contribution in [2.75, 3.05) is 53.0 Å². The quantitative estimate of drug-likeness (QED) is 0.699. The highest BCUT2D eigenvalue weighted by molar-refractivity contribution is 5.16. The van der Waals surface area contributed by atoms with Crippen LogP contribution in [0.15, 0.2) is 24.3 Å². The number of rotatable bonds is 8. The van der Waals surface area contributed by atoms with Gasteiger partial charge in [0.25, 0.3) is 0 Å². The first kappa shape index (κ1) is 19.8. The number of likely N-dealkylation sites (tertiary alicyclic amines) is 2.